The van der Waals surface area contributed by atoms with Gasteiger partial charge < -0.3 is 14.5 Å². The number of hydrogen-bond acceptors (Lipinski definition) is 7. The number of aliphatic imine (C=N–C) groups is 1. The zero-order valence-corrected chi connectivity index (χ0v) is 20.9. The number of rotatable bonds is 10. The van der Waals surface area contributed by atoms with Crippen LogP contribution in [0.2, 0.25) is 0 Å². The zero-order valence-electron chi connectivity index (χ0n) is 20.9. The van der Waals surface area contributed by atoms with Crippen LogP contribution in [0.1, 0.15) is 36.1 Å². The van der Waals surface area contributed by atoms with Crippen LogP contribution in [0.5, 0.6) is 0 Å². The van der Waals surface area contributed by atoms with Crippen LogP contribution in [-0.2, 0) is 11.3 Å². The van der Waals surface area contributed by atoms with Crippen molar-refractivity contribution in [1.29, 1.82) is 5.26 Å². The SMILES string of the molecule is C=N/C(=C(\C)c1cnn(CC(=C)OC)c1)N1CCN(C(CN2CCC2)c2cccc(C#N)c2)CC1. The highest BCUT2D eigenvalue weighted by molar-refractivity contribution is 5.66. The Balaban J connectivity index is 1.47. The summed E-state index contributed by atoms with van der Waals surface area (Å²) in [4.78, 5) is 11.8. The molecule has 1 atom stereocenters. The van der Waals surface area contributed by atoms with Gasteiger partial charge in [0.1, 0.15) is 11.6 Å². The van der Waals surface area contributed by atoms with E-state index in [-0.39, 0.29) is 6.04 Å². The Morgan fingerprint density at radius 1 is 1.23 bits per heavy atom. The molecule has 4 rings (SSSR count). The van der Waals surface area contributed by atoms with E-state index in [1.165, 1.54) is 12.0 Å². The van der Waals surface area contributed by atoms with Gasteiger partial charge in [0.05, 0.1) is 31.5 Å². The first-order chi connectivity index (χ1) is 17.0. The molecule has 8 heteroatoms. The molecule has 2 saturated heterocycles. The van der Waals surface area contributed by atoms with E-state index in [1.54, 1.807) is 7.11 Å². The predicted molar refractivity (Wildman–Crippen MR) is 139 cm³/mol. The first-order valence-corrected chi connectivity index (χ1v) is 12.2. The van der Waals surface area contributed by atoms with Gasteiger partial charge in [-0.05, 0) is 50.8 Å². The molecule has 0 aliphatic carbocycles. The van der Waals surface area contributed by atoms with Crippen LogP contribution in [0, 0.1) is 11.3 Å². The van der Waals surface area contributed by atoms with Crippen LogP contribution in [0.15, 0.2) is 59.8 Å². The minimum atomic E-state index is 0.281. The fourth-order valence-corrected chi connectivity index (χ4v) is 4.78. The summed E-state index contributed by atoms with van der Waals surface area (Å²) in [6, 6.07) is 10.7. The molecular weight excluding hydrogens is 438 g/mol. The van der Waals surface area contributed by atoms with E-state index in [4.69, 9.17) is 4.74 Å². The smallest absolute Gasteiger partial charge is 0.131 e. The van der Waals surface area contributed by atoms with Crippen molar-refractivity contribution in [2.24, 2.45) is 4.99 Å². The number of aromatic nitrogens is 2. The van der Waals surface area contributed by atoms with Gasteiger partial charge in [-0.15, -0.1) is 0 Å². The average Bonchev–Trinajstić information content (AvgIpc) is 3.33. The summed E-state index contributed by atoms with van der Waals surface area (Å²) >= 11 is 0. The lowest BCUT2D eigenvalue weighted by atomic mass is 10.00. The highest BCUT2D eigenvalue weighted by Crippen LogP contribution is 2.28. The summed E-state index contributed by atoms with van der Waals surface area (Å²) in [5.41, 5.74) is 4.02. The van der Waals surface area contributed by atoms with Crippen LogP contribution in [0.25, 0.3) is 5.57 Å². The first kappa shape index (κ1) is 24.7. The normalized spacial score (nSPS) is 18.3. The number of benzene rings is 1. The molecule has 2 fully saturated rings. The molecule has 0 spiro atoms. The Morgan fingerprint density at radius 2 is 2.00 bits per heavy atom. The Kier molecular flexibility index (Phi) is 8.01. The average molecular weight is 474 g/mol. The lowest BCUT2D eigenvalue weighted by Crippen LogP contribution is -2.51. The molecule has 0 radical (unpaired) electrons. The molecule has 0 saturated carbocycles. The number of hydrogen-bond donors (Lipinski definition) is 0. The van der Waals surface area contributed by atoms with Crippen LogP contribution >= 0.6 is 0 Å². The van der Waals surface area contributed by atoms with Gasteiger partial charge in [0.25, 0.3) is 0 Å². The third-order valence-corrected chi connectivity index (χ3v) is 7.01. The Morgan fingerprint density at radius 3 is 2.63 bits per heavy atom. The van der Waals surface area contributed by atoms with Crippen LogP contribution in [-0.4, -0.2) is 84.1 Å². The van der Waals surface area contributed by atoms with Crippen LogP contribution in [0.3, 0.4) is 0 Å². The number of methoxy groups -OCH3 is 1. The molecule has 2 aliphatic rings. The molecule has 0 bridgehead atoms. The molecular formula is C27H35N7O. The summed E-state index contributed by atoms with van der Waals surface area (Å²) in [5, 5.41) is 13.8. The van der Waals surface area contributed by atoms with Gasteiger partial charge in [-0.1, -0.05) is 18.7 Å². The number of ether oxygens (including phenoxy) is 1. The third-order valence-electron chi connectivity index (χ3n) is 7.01. The molecule has 8 nitrogen and oxygen atoms in total. The van der Waals surface area contributed by atoms with Crippen molar-refractivity contribution in [1.82, 2.24) is 24.5 Å². The summed E-state index contributed by atoms with van der Waals surface area (Å²) < 4.78 is 6.99. The second-order valence-electron chi connectivity index (χ2n) is 9.21. The summed E-state index contributed by atoms with van der Waals surface area (Å²) in [6.45, 7) is 17.2. The lowest BCUT2D eigenvalue weighted by molar-refractivity contribution is 0.0684. The Bertz CT molecular complexity index is 1120. The second kappa shape index (κ2) is 11.3. The van der Waals surface area contributed by atoms with E-state index in [0.717, 1.165) is 68.3 Å². The van der Waals surface area contributed by atoms with E-state index in [9.17, 15) is 5.26 Å². The summed E-state index contributed by atoms with van der Waals surface area (Å²) in [6.07, 6.45) is 5.12. The molecule has 0 amide bonds. The van der Waals surface area contributed by atoms with E-state index in [2.05, 4.69) is 57.1 Å². The van der Waals surface area contributed by atoms with Gasteiger partial charge in [-0.25, -0.2) is 4.99 Å². The first-order valence-electron chi connectivity index (χ1n) is 12.2. The van der Waals surface area contributed by atoms with Crippen molar-refractivity contribution in [3.63, 3.8) is 0 Å². The highest BCUT2D eigenvalue weighted by atomic mass is 16.5. The minimum absolute atomic E-state index is 0.281. The number of nitriles is 1. The van der Waals surface area contributed by atoms with Crippen molar-refractivity contribution in [3.8, 4) is 6.07 Å². The highest BCUT2D eigenvalue weighted by Gasteiger charge is 2.29. The molecule has 3 heterocycles. The van der Waals surface area contributed by atoms with Gasteiger partial charge in [0, 0.05) is 56.1 Å². The van der Waals surface area contributed by atoms with Crippen molar-refractivity contribution in [2.45, 2.75) is 25.9 Å². The van der Waals surface area contributed by atoms with Crippen molar-refractivity contribution in [3.05, 3.63) is 71.5 Å². The Hall–Kier alpha value is -3.41. The van der Waals surface area contributed by atoms with Crippen molar-refractivity contribution >= 4 is 12.3 Å². The van der Waals surface area contributed by atoms with E-state index in [1.807, 2.05) is 35.3 Å². The van der Waals surface area contributed by atoms with Gasteiger partial charge in [0.15, 0.2) is 0 Å². The van der Waals surface area contributed by atoms with Crippen LogP contribution in [0.4, 0.5) is 0 Å². The molecule has 35 heavy (non-hydrogen) atoms. The number of allylic oxidation sites excluding steroid dienone is 2. The fraction of sp³-hybridized carbons (Fsp3) is 0.444. The van der Waals surface area contributed by atoms with Gasteiger partial charge in [0.2, 0.25) is 0 Å². The number of nitrogens with zero attached hydrogens (tertiary/aromatic N) is 7. The fourth-order valence-electron chi connectivity index (χ4n) is 4.78. The van der Waals surface area contributed by atoms with E-state index >= 15 is 0 Å². The number of piperazine rings is 1. The largest absolute Gasteiger partial charge is 0.500 e. The van der Waals surface area contributed by atoms with E-state index in [0.29, 0.717) is 12.3 Å². The summed E-state index contributed by atoms with van der Waals surface area (Å²) in [7, 11) is 1.62. The minimum Gasteiger partial charge on any atom is -0.500 e. The molecule has 2 aromatic rings. The zero-order chi connectivity index (χ0) is 24.8. The molecule has 2 aliphatic heterocycles. The van der Waals surface area contributed by atoms with E-state index < -0.39 is 0 Å². The second-order valence-corrected chi connectivity index (χ2v) is 9.21. The quantitative estimate of drug-likeness (QED) is 0.389. The maximum absolute atomic E-state index is 9.40. The van der Waals surface area contributed by atoms with Gasteiger partial charge >= 0.3 is 0 Å². The van der Waals surface area contributed by atoms with Crippen LogP contribution < -0.4 is 0 Å². The monoisotopic (exact) mass is 473 g/mol. The number of likely N-dealkylation sites (tertiary alicyclic amines) is 1. The maximum Gasteiger partial charge on any atom is 0.131 e. The summed E-state index contributed by atoms with van der Waals surface area (Å²) in [5.74, 6) is 1.56. The molecule has 1 aromatic carbocycles. The van der Waals surface area contributed by atoms with Gasteiger partial charge in [-0.3, -0.25) is 9.58 Å². The van der Waals surface area contributed by atoms with Crippen molar-refractivity contribution < 1.29 is 4.74 Å². The lowest BCUT2D eigenvalue weighted by Gasteiger charge is -2.43. The standard InChI is InChI=1S/C27H35N7O/c1-21(35-4)18-34-19-25(17-30-34)22(2)27(29-3)33-13-11-32(12-14-33)26(20-31-9-6-10-31)24-8-5-7-23(15-24)16-28/h5,7-8,15,17,19,26H,1,3,6,9-14,18,20H2,2,4H3/b27-22-. The molecule has 1 aromatic heterocycles. The predicted octanol–water partition coefficient (Wildman–Crippen LogP) is 3.37. The molecule has 184 valence electrons. The maximum atomic E-state index is 9.40. The van der Waals surface area contributed by atoms with Crippen molar-refractivity contribution in [2.75, 3.05) is 52.9 Å². The molecule has 0 N–H and O–H groups in total. The van der Waals surface area contributed by atoms with Gasteiger partial charge in [-0.2, -0.15) is 10.4 Å². The molecule has 1 unspecified atom stereocenters. The Labute approximate surface area is 208 Å². The topological polar surface area (TPSA) is 72.9 Å². The third kappa shape index (κ3) is 5.81.